The van der Waals surface area contributed by atoms with Gasteiger partial charge in [0.05, 0.1) is 40.2 Å². The van der Waals surface area contributed by atoms with Gasteiger partial charge in [-0.05, 0) is 60.5 Å². The Kier molecular flexibility index (Phi) is 10.5. The van der Waals surface area contributed by atoms with Crippen LogP contribution in [-0.4, -0.2) is 45.2 Å². The third-order valence-corrected chi connectivity index (χ3v) is 9.31. The Morgan fingerprint density at radius 1 is 0.593 bits per heavy atom. The highest BCUT2D eigenvalue weighted by molar-refractivity contribution is 9.10. The van der Waals surface area contributed by atoms with E-state index in [0.29, 0.717) is 37.6 Å². The molecule has 0 aliphatic heterocycles. The number of fused-ring (bicyclic) bond motifs is 3. The summed E-state index contributed by atoms with van der Waals surface area (Å²) in [5, 5.41) is 30.3. The molecule has 54 heavy (non-hydrogen) atoms. The van der Waals surface area contributed by atoms with E-state index < -0.39 is 22.9 Å². The first-order valence-corrected chi connectivity index (χ1v) is 16.6. The minimum absolute atomic E-state index is 0.00787. The number of aromatic hydroxyl groups is 3. The van der Waals surface area contributed by atoms with Gasteiger partial charge in [-0.1, -0.05) is 51.8 Å². The lowest BCUT2D eigenvalue weighted by Gasteiger charge is -2.08. The van der Waals surface area contributed by atoms with Crippen molar-refractivity contribution >= 4 is 60.2 Å². The maximum atomic E-state index is 14.2. The molecule has 8 aromatic rings. The standard InChI is InChI=1S/C14H8ClFN2O2.C14H8F2N2O2.C9H7BrN2O2/c15-11-9(7-1-3-8(16)4-2-7)5-10-12(13(11)19)17-6-18-14(10)20;15-8-3-1-7(2-4-8)9-5-10-12(13(19)11(9)16)17-6-18-14(10)20;1-4-6(10)2-5-7(8(4)13)11-3-12-9(5)14/h2*1-6,19H,(H,17,18,20);2-3,13H,1H3,(H,11,12,14). The molecule has 0 amide bonds. The fraction of sp³-hybridized carbons (Fsp3) is 0.0270. The topological polar surface area (TPSA) is 198 Å². The largest absolute Gasteiger partial charge is 0.505 e. The summed E-state index contributed by atoms with van der Waals surface area (Å²) in [6.45, 7) is 1.75. The Morgan fingerprint density at radius 2 is 0.981 bits per heavy atom. The summed E-state index contributed by atoms with van der Waals surface area (Å²) in [7, 11) is 0. The van der Waals surface area contributed by atoms with Crippen molar-refractivity contribution in [2.24, 2.45) is 0 Å². The molecule has 3 aromatic heterocycles. The van der Waals surface area contributed by atoms with E-state index in [0.717, 1.165) is 6.33 Å². The highest BCUT2D eigenvalue weighted by Gasteiger charge is 2.18. The zero-order chi connectivity index (χ0) is 38.8. The first-order valence-electron chi connectivity index (χ1n) is 15.4. The normalized spacial score (nSPS) is 10.9. The molecule has 0 aliphatic rings. The predicted octanol–water partition coefficient (Wildman–Crippen LogP) is 7.36. The van der Waals surface area contributed by atoms with Crippen LogP contribution < -0.4 is 16.7 Å². The van der Waals surface area contributed by atoms with E-state index in [2.05, 4.69) is 45.8 Å². The molecule has 3 heterocycles. The average molecular weight is 820 g/mol. The van der Waals surface area contributed by atoms with Gasteiger partial charge in [-0.2, -0.15) is 0 Å². The monoisotopic (exact) mass is 818 g/mol. The molecule has 0 unspecified atom stereocenters. The fourth-order valence-electron chi connectivity index (χ4n) is 5.28. The number of benzene rings is 5. The van der Waals surface area contributed by atoms with Gasteiger partial charge in [-0.15, -0.1) is 0 Å². The molecule has 17 heteroatoms. The molecule has 0 radical (unpaired) electrons. The third kappa shape index (κ3) is 7.24. The lowest BCUT2D eigenvalue weighted by molar-refractivity contribution is 0.438. The van der Waals surface area contributed by atoms with Gasteiger partial charge in [0.15, 0.2) is 17.3 Å². The summed E-state index contributed by atoms with van der Waals surface area (Å²) in [6.07, 6.45) is 3.55. The van der Waals surface area contributed by atoms with Crippen molar-refractivity contribution < 1.29 is 28.5 Å². The molecular formula is C37H23BrClF3N6O6. The van der Waals surface area contributed by atoms with Crippen molar-refractivity contribution in [2.45, 2.75) is 6.92 Å². The Labute approximate surface area is 313 Å². The summed E-state index contributed by atoms with van der Waals surface area (Å²) < 4.78 is 40.7. The van der Waals surface area contributed by atoms with Crippen LogP contribution in [0.4, 0.5) is 13.2 Å². The maximum absolute atomic E-state index is 14.2. The van der Waals surface area contributed by atoms with Crippen LogP contribution in [0.3, 0.4) is 0 Å². The van der Waals surface area contributed by atoms with Crippen LogP contribution in [0.25, 0.3) is 55.0 Å². The van der Waals surface area contributed by atoms with Crippen LogP contribution in [-0.2, 0) is 0 Å². The van der Waals surface area contributed by atoms with Gasteiger partial charge in [-0.25, -0.2) is 28.1 Å². The second kappa shape index (κ2) is 15.2. The molecule has 0 bridgehead atoms. The molecule has 0 fully saturated rings. The van der Waals surface area contributed by atoms with Crippen LogP contribution >= 0.6 is 27.5 Å². The number of halogens is 5. The molecule has 0 atom stereocenters. The Hall–Kier alpha value is -6.52. The lowest BCUT2D eigenvalue weighted by Crippen LogP contribution is -2.07. The molecule has 0 saturated heterocycles. The van der Waals surface area contributed by atoms with Crippen molar-refractivity contribution in [1.29, 1.82) is 0 Å². The predicted molar refractivity (Wildman–Crippen MR) is 200 cm³/mol. The minimum atomic E-state index is -0.901. The zero-order valence-corrected chi connectivity index (χ0v) is 29.7. The van der Waals surface area contributed by atoms with Gasteiger partial charge >= 0.3 is 0 Å². The van der Waals surface area contributed by atoms with Gasteiger partial charge in [-0.3, -0.25) is 14.4 Å². The minimum Gasteiger partial charge on any atom is -0.505 e. The number of H-pyrrole nitrogens is 3. The van der Waals surface area contributed by atoms with E-state index in [-0.39, 0.29) is 60.8 Å². The van der Waals surface area contributed by atoms with E-state index in [1.165, 1.54) is 73.3 Å². The van der Waals surface area contributed by atoms with Crippen LogP contribution in [0, 0.1) is 24.4 Å². The number of phenolic OH excluding ortho intramolecular Hbond substituents is 3. The van der Waals surface area contributed by atoms with Crippen LogP contribution in [0.2, 0.25) is 5.02 Å². The number of nitrogens with zero attached hydrogens (tertiary/aromatic N) is 3. The third-order valence-electron chi connectivity index (χ3n) is 8.10. The van der Waals surface area contributed by atoms with Gasteiger partial charge in [0.1, 0.15) is 33.9 Å². The van der Waals surface area contributed by atoms with E-state index in [9.17, 15) is 42.9 Å². The summed E-state index contributed by atoms with van der Waals surface area (Å²) in [5.41, 5.74) is 1.28. The second-order valence-corrected chi connectivity index (χ2v) is 12.6. The molecule has 5 aromatic carbocycles. The molecular weight excluding hydrogens is 797 g/mol. The van der Waals surface area contributed by atoms with Crippen molar-refractivity contribution in [3.63, 3.8) is 0 Å². The lowest BCUT2D eigenvalue weighted by atomic mass is 10.0. The first-order chi connectivity index (χ1) is 25.8. The van der Waals surface area contributed by atoms with Crippen LogP contribution in [0.5, 0.6) is 17.2 Å². The number of nitrogens with one attached hydrogen (secondary N) is 3. The molecule has 272 valence electrons. The average Bonchev–Trinajstić information content (AvgIpc) is 3.16. The number of phenols is 3. The first kappa shape index (κ1) is 37.2. The molecule has 0 spiro atoms. The summed E-state index contributed by atoms with van der Waals surface area (Å²) in [4.78, 5) is 53.6. The van der Waals surface area contributed by atoms with Gasteiger partial charge in [0, 0.05) is 21.2 Å². The van der Waals surface area contributed by atoms with E-state index in [4.69, 9.17) is 11.6 Å². The fourth-order valence-corrected chi connectivity index (χ4v) is 5.95. The Balaban J connectivity index is 0.000000141. The molecule has 0 saturated carbocycles. The van der Waals surface area contributed by atoms with Gasteiger partial charge < -0.3 is 30.3 Å². The Morgan fingerprint density at radius 3 is 1.46 bits per heavy atom. The zero-order valence-electron chi connectivity index (χ0n) is 27.4. The van der Waals surface area contributed by atoms with Crippen molar-refractivity contribution in [3.8, 4) is 39.5 Å². The number of hydrogen-bond acceptors (Lipinski definition) is 9. The highest BCUT2D eigenvalue weighted by atomic mass is 79.9. The molecule has 6 N–H and O–H groups in total. The summed E-state index contributed by atoms with van der Waals surface area (Å²) in [6, 6.07) is 15.1. The quantitative estimate of drug-likeness (QED) is 0.103. The Bertz CT molecular complexity index is 2760. The SMILES string of the molecule is Cc1c(Br)cc2c(=O)[nH]cnc2c1O.O=c1[nH]cnc2c(O)c(Cl)c(-c3ccc(F)cc3)cc12.O=c1[nH]cnc2c(O)c(F)c(-c3ccc(F)cc3)cc12. The molecule has 12 nitrogen and oxygen atoms in total. The number of rotatable bonds is 2. The summed E-state index contributed by atoms with van der Waals surface area (Å²) in [5.74, 6) is -2.67. The second-order valence-electron chi connectivity index (χ2n) is 11.4. The summed E-state index contributed by atoms with van der Waals surface area (Å²) >= 11 is 9.36. The van der Waals surface area contributed by atoms with Crippen LogP contribution in [0.1, 0.15) is 5.56 Å². The van der Waals surface area contributed by atoms with E-state index in [1.807, 2.05) is 0 Å². The number of aromatic nitrogens is 6. The van der Waals surface area contributed by atoms with E-state index in [1.54, 1.807) is 13.0 Å². The highest BCUT2D eigenvalue weighted by Crippen LogP contribution is 2.39. The van der Waals surface area contributed by atoms with E-state index >= 15 is 0 Å². The number of hydrogen-bond donors (Lipinski definition) is 6. The van der Waals surface area contributed by atoms with Crippen LogP contribution in [0.15, 0.2) is 105 Å². The smallest absolute Gasteiger partial charge is 0.258 e. The molecule has 0 aliphatic carbocycles. The number of aromatic amines is 3. The van der Waals surface area contributed by atoms with Crippen molar-refractivity contribution in [2.75, 3.05) is 0 Å². The van der Waals surface area contributed by atoms with Gasteiger partial charge in [0.2, 0.25) is 0 Å². The maximum Gasteiger partial charge on any atom is 0.258 e. The molecule has 8 rings (SSSR count). The van der Waals surface area contributed by atoms with Gasteiger partial charge in [0.25, 0.3) is 16.7 Å². The van der Waals surface area contributed by atoms with Crippen molar-refractivity contribution in [1.82, 2.24) is 29.9 Å². The van der Waals surface area contributed by atoms with Crippen molar-refractivity contribution in [3.05, 3.63) is 149 Å².